The normalized spacial score (nSPS) is 17.5. The highest BCUT2D eigenvalue weighted by Gasteiger charge is 2.29. The summed E-state index contributed by atoms with van der Waals surface area (Å²) in [6, 6.07) is 3.30. The summed E-state index contributed by atoms with van der Waals surface area (Å²) in [6.45, 7) is 2.31. The van der Waals surface area contributed by atoms with Crippen LogP contribution in [0.1, 0.15) is 50.6 Å². The van der Waals surface area contributed by atoms with Crippen LogP contribution in [-0.4, -0.2) is 43.0 Å². The van der Waals surface area contributed by atoms with Gasteiger partial charge in [-0.15, -0.1) is 11.3 Å². The van der Waals surface area contributed by atoms with E-state index >= 15 is 0 Å². The van der Waals surface area contributed by atoms with Gasteiger partial charge in [0.05, 0.1) is 25.0 Å². The van der Waals surface area contributed by atoms with Crippen molar-refractivity contribution in [3.63, 3.8) is 0 Å². The summed E-state index contributed by atoms with van der Waals surface area (Å²) in [5, 5.41) is 3.57. The Morgan fingerprint density at radius 3 is 2.69 bits per heavy atom. The molecule has 26 heavy (non-hydrogen) atoms. The van der Waals surface area contributed by atoms with Crippen molar-refractivity contribution in [1.29, 1.82) is 0 Å². The van der Waals surface area contributed by atoms with E-state index in [4.69, 9.17) is 9.15 Å². The lowest BCUT2D eigenvalue weighted by molar-refractivity contribution is 0.0303. The van der Waals surface area contributed by atoms with Crippen molar-refractivity contribution in [2.75, 3.05) is 31.6 Å². The van der Waals surface area contributed by atoms with Crippen molar-refractivity contribution in [1.82, 2.24) is 4.90 Å². The second-order valence-corrected chi connectivity index (χ2v) is 7.71. The molecule has 1 fully saturated rings. The number of morpholine rings is 1. The Hall–Kier alpha value is -2.12. The smallest absolute Gasteiger partial charge is 0.291 e. The average Bonchev–Trinajstić information content (AvgIpc) is 3.25. The predicted molar refractivity (Wildman–Crippen MR) is 99.0 cm³/mol. The van der Waals surface area contributed by atoms with Crippen LogP contribution in [-0.2, 0) is 17.6 Å². The van der Waals surface area contributed by atoms with Crippen LogP contribution >= 0.6 is 11.3 Å². The molecule has 7 heteroatoms. The number of anilines is 1. The summed E-state index contributed by atoms with van der Waals surface area (Å²) >= 11 is 1.54. The van der Waals surface area contributed by atoms with Crippen LogP contribution in [0.3, 0.4) is 0 Å². The van der Waals surface area contributed by atoms with E-state index in [0.29, 0.717) is 36.9 Å². The van der Waals surface area contributed by atoms with Gasteiger partial charge in [-0.3, -0.25) is 9.59 Å². The third kappa shape index (κ3) is 3.41. The third-order valence-electron chi connectivity index (χ3n) is 4.91. The maximum absolute atomic E-state index is 13.2. The van der Waals surface area contributed by atoms with E-state index < -0.39 is 0 Å². The molecule has 0 unspecified atom stereocenters. The Balaban J connectivity index is 1.68. The van der Waals surface area contributed by atoms with Gasteiger partial charge < -0.3 is 19.4 Å². The summed E-state index contributed by atoms with van der Waals surface area (Å²) in [4.78, 5) is 28.8. The van der Waals surface area contributed by atoms with Gasteiger partial charge in [0, 0.05) is 18.0 Å². The van der Waals surface area contributed by atoms with E-state index in [0.717, 1.165) is 31.2 Å². The first kappa shape index (κ1) is 17.3. The number of nitrogens with one attached hydrogen (secondary N) is 1. The number of carbonyl (C=O) groups excluding carboxylic acids is 2. The minimum atomic E-state index is -0.317. The number of furan rings is 1. The van der Waals surface area contributed by atoms with Crippen LogP contribution in [0.2, 0.25) is 0 Å². The van der Waals surface area contributed by atoms with Gasteiger partial charge in [0.2, 0.25) is 0 Å². The van der Waals surface area contributed by atoms with Crippen LogP contribution < -0.4 is 5.32 Å². The first-order valence-corrected chi connectivity index (χ1v) is 9.92. The Morgan fingerprint density at radius 2 is 1.92 bits per heavy atom. The fraction of sp³-hybridized carbons (Fsp3) is 0.474. The zero-order chi connectivity index (χ0) is 17.9. The standard InChI is InChI=1S/C19H22N2O4S/c22-17(14-6-4-10-25-14)20-18-16(19(23)21-8-11-24-12-9-21)13-5-2-1-3-7-15(13)26-18/h4,6,10H,1-3,5,7-9,11-12H2,(H,20,22). The average molecular weight is 374 g/mol. The van der Waals surface area contributed by atoms with Crippen molar-refractivity contribution in [3.05, 3.63) is 40.2 Å². The van der Waals surface area contributed by atoms with Crippen LogP contribution in [0.4, 0.5) is 5.00 Å². The van der Waals surface area contributed by atoms with Crippen LogP contribution in [0.25, 0.3) is 0 Å². The first-order chi connectivity index (χ1) is 12.7. The molecule has 1 saturated heterocycles. The van der Waals surface area contributed by atoms with Crippen LogP contribution in [0.15, 0.2) is 22.8 Å². The van der Waals surface area contributed by atoms with E-state index in [1.807, 2.05) is 4.90 Å². The van der Waals surface area contributed by atoms with Crippen molar-refractivity contribution in [2.45, 2.75) is 32.1 Å². The molecule has 2 aromatic rings. The lowest BCUT2D eigenvalue weighted by Gasteiger charge is -2.27. The van der Waals surface area contributed by atoms with Gasteiger partial charge in [0.25, 0.3) is 11.8 Å². The zero-order valence-corrected chi connectivity index (χ0v) is 15.4. The molecule has 1 N–H and O–H groups in total. The molecule has 0 spiro atoms. The van der Waals surface area contributed by atoms with Crippen molar-refractivity contribution in [3.8, 4) is 0 Å². The van der Waals surface area contributed by atoms with E-state index in [2.05, 4.69) is 5.32 Å². The molecule has 0 aromatic carbocycles. The van der Waals surface area contributed by atoms with Gasteiger partial charge in [0.1, 0.15) is 5.00 Å². The molecular weight excluding hydrogens is 352 g/mol. The topological polar surface area (TPSA) is 71.8 Å². The monoisotopic (exact) mass is 374 g/mol. The third-order valence-corrected chi connectivity index (χ3v) is 6.11. The van der Waals surface area contributed by atoms with Crippen molar-refractivity contribution in [2.24, 2.45) is 0 Å². The zero-order valence-electron chi connectivity index (χ0n) is 14.6. The number of hydrogen-bond donors (Lipinski definition) is 1. The number of nitrogens with zero attached hydrogens (tertiary/aromatic N) is 1. The van der Waals surface area contributed by atoms with Gasteiger partial charge in [-0.1, -0.05) is 6.42 Å². The lowest BCUT2D eigenvalue weighted by Crippen LogP contribution is -2.41. The fourth-order valence-electron chi connectivity index (χ4n) is 3.55. The number of ether oxygens (including phenoxy) is 1. The maximum Gasteiger partial charge on any atom is 0.291 e. The Bertz CT molecular complexity index is 791. The van der Waals surface area contributed by atoms with Gasteiger partial charge in [-0.05, 0) is 43.4 Å². The quantitative estimate of drug-likeness (QED) is 0.837. The summed E-state index contributed by atoms with van der Waals surface area (Å²) in [5.41, 5.74) is 1.80. The summed E-state index contributed by atoms with van der Waals surface area (Å²) in [5.74, 6) is -0.0664. The van der Waals surface area contributed by atoms with E-state index in [-0.39, 0.29) is 17.6 Å². The summed E-state index contributed by atoms with van der Waals surface area (Å²) < 4.78 is 10.6. The van der Waals surface area contributed by atoms with Gasteiger partial charge >= 0.3 is 0 Å². The molecule has 2 amide bonds. The first-order valence-electron chi connectivity index (χ1n) is 9.10. The molecule has 0 radical (unpaired) electrons. The molecule has 6 nitrogen and oxygen atoms in total. The van der Waals surface area contributed by atoms with Gasteiger partial charge in [-0.2, -0.15) is 0 Å². The molecule has 138 valence electrons. The molecule has 1 aliphatic carbocycles. The van der Waals surface area contributed by atoms with Crippen molar-refractivity contribution < 1.29 is 18.7 Å². The summed E-state index contributed by atoms with van der Waals surface area (Å²) in [6.07, 6.45) is 6.73. The molecule has 0 atom stereocenters. The number of aryl methyl sites for hydroxylation is 1. The largest absolute Gasteiger partial charge is 0.459 e. The molecule has 0 saturated carbocycles. The molecule has 1 aliphatic heterocycles. The van der Waals surface area contributed by atoms with Crippen LogP contribution in [0.5, 0.6) is 0 Å². The fourth-order valence-corrected chi connectivity index (χ4v) is 4.83. The predicted octanol–water partition coefficient (Wildman–Crippen LogP) is 3.33. The lowest BCUT2D eigenvalue weighted by atomic mass is 10.0. The number of fused-ring (bicyclic) bond motifs is 1. The van der Waals surface area contributed by atoms with Gasteiger partial charge in [-0.25, -0.2) is 0 Å². The molecule has 0 bridgehead atoms. The van der Waals surface area contributed by atoms with E-state index in [1.54, 1.807) is 23.5 Å². The highest BCUT2D eigenvalue weighted by molar-refractivity contribution is 7.17. The summed E-state index contributed by atoms with van der Waals surface area (Å²) in [7, 11) is 0. The highest BCUT2D eigenvalue weighted by atomic mass is 32.1. The van der Waals surface area contributed by atoms with E-state index in [1.165, 1.54) is 17.6 Å². The van der Waals surface area contributed by atoms with E-state index in [9.17, 15) is 9.59 Å². The Morgan fingerprint density at radius 1 is 1.12 bits per heavy atom. The molecular formula is C19H22N2O4S. The number of rotatable bonds is 3. The maximum atomic E-state index is 13.2. The Kier molecular flexibility index (Phi) is 5.08. The number of thiophene rings is 1. The minimum Gasteiger partial charge on any atom is -0.459 e. The Labute approximate surface area is 156 Å². The van der Waals surface area contributed by atoms with Crippen LogP contribution in [0, 0.1) is 0 Å². The molecule has 3 heterocycles. The van der Waals surface area contributed by atoms with Gasteiger partial charge in [0.15, 0.2) is 5.76 Å². The minimum absolute atomic E-state index is 0.00226. The number of hydrogen-bond acceptors (Lipinski definition) is 5. The number of carbonyl (C=O) groups is 2. The second kappa shape index (κ2) is 7.63. The molecule has 4 rings (SSSR count). The number of amides is 2. The second-order valence-electron chi connectivity index (χ2n) is 6.60. The molecule has 2 aliphatic rings. The SMILES string of the molecule is O=C(Nc1sc2c(c1C(=O)N1CCOCC1)CCCCC2)c1ccco1. The highest BCUT2D eigenvalue weighted by Crippen LogP contribution is 2.38. The molecule has 2 aromatic heterocycles. The van der Waals surface area contributed by atoms with Crippen molar-refractivity contribution >= 4 is 28.2 Å².